The first-order chi connectivity index (χ1) is 8.20. The van der Waals surface area contributed by atoms with Gasteiger partial charge in [0.05, 0.1) is 6.10 Å². The Morgan fingerprint density at radius 3 is 2.29 bits per heavy atom. The second kappa shape index (κ2) is 5.32. The van der Waals surface area contributed by atoms with E-state index in [-0.39, 0.29) is 5.92 Å². The Labute approximate surface area is 101 Å². The number of aliphatic hydroxyl groups excluding tert-OH is 1. The van der Waals surface area contributed by atoms with Crippen molar-refractivity contribution in [2.24, 2.45) is 5.92 Å². The summed E-state index contributed by atoms with van der Waals surface area (Å²) in [6, 6.07) is 9.03. The smallest absolute Gasteiger partial charge is 0.313 e. The number of carbonyl (C=O) groups is 1. The molecular formula is C14H18O3. The number of benzene rings is 1. The Balaban J connectivity index is 2.20. The van der Waals surface area contributed by atoms with Crippen LogP contribution >= 0.6 is 0 Å². The minimum Gasteiger partial charge on any atom is -0.481 e. The van der Waals surface area contributed by atoms with Gasteiger partial charge in [0.1, 0.15) is 5.92 Å². The molecule has 0 saturated heterocycles. The third kappa shape index (κ3) is 2.67. The first-order valence-electron chi connectivity index (χ1n) is 6.16. The van der Waals surface area contributed by atoms with Crippen LogP contribution in [-0.2, 0) is 4.79 Å². The second-order valence-electron chi connectivity index (χ2n) is 4.76. The van der Waals surface area contributed by atoms with E-state index in [9.17, 15) is 15.0 Å². The minimum atomic E-state index is -0.935. The molecule has 17 heavy (non-hydrogen) atoms. The molecule has 0 unspecified atom stereocenters. The predicted octanol–water partition coefficient (Wildman–Crippen LogP) is 2.41. The predicted molar refractivity (Wildman–Crippen MR) is 64.8 cm³/mol. The Bertz CT molecular complexity index is 368. The van der Waals surface area contributed by atoms with Crippen molar-refractivity contribution in [2.75, 3.05) is 0 Å². The first-order valence-corrected chi connectivity index (χ1v) is 6.16. The summed E-state index contributed by atoms with van der Waals surface area (Å²) in [6.07, 6.45) is 3.32. The van der Waals surface area contributed by atoms with Gasteiger partial charge in [-0.2, -0.15) is 0 Å². The zero-order valence-electron chi connectivity index (χ0n) is 9.75. The number of hydrogen-bond donors (Lipinski definition) is 2. The largest absolute Gasteiger partial charge is 0.481 e. The number of aliphatic hydroxyl groups is 1. The van der Waals surface area contributed by atoms with Crippen LogP contribution in [0.15, 0.2) is 30.3 Å². The summed E-state index contributed by atoms with van der Waals surface area (Å²) in [6.45, 7) is 0. The van der Waals surface area contributed by atoms with Gasteiger partial charge < -0.3 is 10.2 Å². The molecule has 3 nitrogen and oxygen atoms in total. The number of aliphatic carboxylic acids is 1. The number of hydrogen-bond acceptors (Lipinski definition) is 2. The van der Waals surface area contributed by atoms with Gasteiger partial charge in [0.15, 0.2) is 0 Å². The summed E-state index contributed by atoms with van der Waals surface area (Å²) in [5, 5.41) is 19.5. The van der Waals surface area contributed by atoms with E-state index in [0.717, 1.165) is 25.7 Å². The second-order valence-corrected chi connectivity index (χ2v) is 4.76. The average Bonchev–Trinajstić information content (AvgIpc) is 2.83. The van der Waals surface area contributed by atoms with Gasteiger partial charge in [-0.1, -0.05) is 43.2 Å². The van der Waals surface area contributed by atoms with Crippen molar-refractivity contribution >= 4 is 5.97 Å². The summed E-state index contributed by atoms with van der Waals surface area (Å²) >= 11 is 0. The van der Waals surface area contributed by atoms with E-state index in [4.69, 9.17) is 0 Å². The van der Waals surface area contributed by atoms with Crippen molar-refractivity contribution in [3.63, 3.8) is 0 Å². The van der Waals surface area contributed by atoms with Crippen LogP contribution in [0, 0.1) is 5.92 Å². The summed E-state index contributed by atoms with van der Waals surface area (Å²) in [4.78, 5) is 11.3. The molecular weight excluding hydrogens is 216 g/mol. The lowest BCUT2D eigenvalue weighted by molar-refractivity contribution is -0.142. The lowest BCUT2D eigenvalue weighted by Gasteiger charge is -2.24. The quantitative estimate of drug-likeness (QED) is 0.841. The first kappa shape index (κ1) is 12.1. The molecule has 3 heteroatoms. The molecule has 1 saturated carbocycles. The van der Waals surface area contributed by atoms with Crippen molar-refractivity contribution in [1.82, 2.24) is 0 Å². The maximum absolute atomic E-state index is 11.3. The van der Waals surface area contributed by atoms with Crippen LogP contribution in [0.4, 0.5) is 0 Å². The van der Waals surface area contributed by atoms with E-state index in [0.29, 0.717) is 5.56 Å². The molecule has 1 fully saturated rings. The highest BCUT2D eigenvalue weighted by atomic mass is 16.4. The molecule has 2 N–H and O–H groups in total. The molecule has 0 radical (unpaired) electrons. The zero-order chi connectivity index (χ0) is 12.3. The molecule has 1 aliphatic carbocycles. The van der Waals surface area contributed by atoms with Crippen molar-refractivity contribution in [2.45, 2.75) is 37.7 Å². The van der Waals surface area contributed by atoms with Gasteiger partial charge in [0.25, 0.3) is 0 Å². The Morgan fingerprint density at radius 1 is 1.18 bits per heavy atom. The van der Waals surface area contributed by atoms with Crippen molar-refractivity contribution < 1.29 is 15.0 Å². The molecule has 2 atom stereocenters. The number of carboxylic acid groups (broad SMARTS) is 1. The maximum Gasteiger partial charge on any atom is 0.313 e. The highest BCUT2D eigenvalue weighted by Gasteiger charge is 2.35. The Morgan fingerprint density at radius 2 is 1.76 bits per heavy atom. The molecule has 0 aromatic heterocycles. The van der Waals surface area contributed by atoms with Gasteiger partial charge in [-0.3, -0.25) is 4.79 Å². The van der Waals surface area contributed by atoms with E-state index in [1.165, 1.54) is 0 Å². The van der Waals surface area contributed by atoms with E-state index in [2.05, 4.69) is 0 Å². The lowest BCUT2D eigenvalue weighted by atomic mass is 9.85. The summed E-state index contributed by atoms with van der Waals surface area (Å²) < 4.78 is 0. The molecule has 2 rings (SSSR count). The maximum atomic E-state index is 11.3. The number of rotatable bonds is 4. The molecule has 0 amide bonds. The van der Waals surface area contributed by atoms with Gasteiger partial charge in [-0.15, -0.1) is 0 Å². The van der Waals surface area contributed by atoms with Gasteiger partial charge in [-0.05, 0) is 24.3 Å². The van der Waals surface area contributed by atoms with E-state index in [1.54, 1.807) is 12.1 Å². The third-order valence-electron chi connectivity index (χ3n) is 3.65. The third-order valence-corrected chi connectivity index (χ3v) is 3.65. The summed E-state index contributed by atoms with van der Waals surface area (Å²) in [7, 11) is 0. The Kier molecular flexibility index (Phi) is 3.79. The van der Waals surface area contributed by atoms with Crippen LogP contribution in [0.3, 0.4) is 0 Å². The van der Waals surface area contributed by atoms with E-state index < -0.39 is 18.0 Å². The number of carboxylic acids is 1. The normalized spacial score (nSPS) is 20.1. The highest BCUT2D eigenvalue weighted by molar-refractivity contribution is 5.76. The standard InChI is InChI=1S/C14H18O3/c15-13(11-8-4-5-9-11)12(14(16)17)10-6-2-1-3-7-10/h1-3,6-7,11-13,15H,4-5,8-9H2,(H,16,17)/t12-,13+/m1/s1. The fraction of sp³-hybridized carbons (Fsp3) is 0.500. The molecule has 0 heterocycles. The van der Waals surface area contributed by atoms with Crippen LogP contribution < -0.4 is 0 Å². The average molecular weight is 234 g/mol. The monoisotopic (exact) mass is 234 g/mol. The van der Waals surface area contributed by atoms with Crippen LogP contribution in [0.1, 0.15) is 37.2 Å². The van der Waals surface area contributed by atoms with Gasteiger partial charge in [0, 0.05) is 0 Å². The van der Waals surface area contributed by atoms with Gasteiger partial charge >= 0.3 is 5.97 Å². The zero-order valence-corrected chi connectivity index (χ0v) is 9.75. The van der Waals surface area contributed by atoms with Gasteiger partial charge in [-0.25, -0.2) is 0 Å². The highest BCUT2D eigenvalue weighted by Crippen LogP contribution is 2.34. The molecule has 1 aromatic rings. The molecule has 0 spiro atoms. The molecule has 1 aliphatic rings. The van der Waals surface area contributed by atoms with Crippen LogP contribution in [0.5, 0.6) is 0 Å². The van der Waals surface area contributed by atoms with E-state index in [1.807, 2.05) is 18.2 Å². The lowest BCUT2D eigenvalue weighted by Crippen LogP contribution is -2.31. The summed E-state index contributed by atoms with van der Waals surface area (Å²) in [5.41, 5.74) is 0.694. The van der Waals surface area contributed by atoms with Crippen molar-refractivity contribution in [3.05, 3.63) is 35.9 Å². The summed E-state index contributed by atoms with van der Waals surface area (Å²) in [5.74, 6) is -1.59. The van der Waals surface area contributed by atoms with Crippen molar-refractivity contribution in [1.29, 1.82) is 0 Å². The Hall–Kier alpha value is -1.35. The molecule has 0 bridgehead atoms. The van der Waals surface area contributed by atoms with Crippen LogP contribution in [-0.4, -0.2) is 22.3 Å². The fourth-order valence-electron chi connectivity index (χ4n) is 2.72. The van der Waals surface area contributed by atoms with Crippen LogP contribution in [0.2, 0.25) is 0 Å². The molecule has 92 valence electrons. The SMILES string of the molecule is O=C(O)[C@H](c1ccccc1)[C@@H](O)C1CCCC1. The topological polar surface area (TPSA) is 57.5 Å². The van der Waals surface area contributed by atoms with Crippen molar-refractivity contribution in [3.8, 4) is 0 Å². The molecule has 1 aromatic carbocycles. The van der Waals surface area contributed by atoms with Gasteiger partial charge in [0.2, 0.25) is 0 Å². The molecule has 0 aliphatic heterocycles. The fourth-order valence-corrected chi connectivity index (χ4v) is 2.72. The van der Waals surface area contributed by atoms with Crippen LogP contribution in [0.25, 0.3) is 0 Å². The minimum absolute atomic E-state index is 0.135. The van der Waals surface area contributed by atoms with E-state index >= 15 is 0 Å².